The Morgan fingerprint density at radius 2 is 2.11 bits per heavy atom. The first-order chi connectivity index (χ1) is 9.01. The lowest BCUT2D eigenvalue weighted by atomic mass is 9.69. The minimum atomic E-state index is 0.699. The summed E-state index contributed by atoms with van der Waals surface area (Å²) >= 11 is 0. The molecule has 3 heteroatoms. The van der Waals surface area contributed by atoms with E-state index in [9.17, 15) is 0 Å². The predicted octanol–water partition coefficient (Wildman–Crippen LogP) is 2.92. The molecule has 108 valence electrons. The Morgan fingerprint density at radius 3 is 2.63 bits per heavy atom. The van der Waals surface area contributed by atoms with Crippen molar-refractivity contribution in [3.05, 3.63) is 17.5 Å². The van der Waals surface area contributed by atoms with E-state index in [4.69, 9.17) is 5.73 Å². The summed E-state index contributed by atoms with van der Waals surface area (Å²) in [5.74, 6) is 3.11. The molecule has 1 aromatic rings. The maximum atomic E-state index is 5.99. The van der Waals surface area contributed by atoms with Gasteiger partial charge in [-0.2, -0.15) is 5.10 Å². The van der Waals surface area contributed by atoms with Crippen molar-refractivity contribution in [3.63, 3.8) is 0 Å². The summed E-state index contributed by atoms with van der Waals surface area (Å²) in [5, 5.41) is 4.47. The van der Waals surface area contributed by atoms with Crippen molar-refractivity contribution in [3.8, 4) is 0 Å². The molecule has 1 saturated carbocycles. The Hall–Kier alpha value is -0.830. The minimum Gasteiger partial charge on any atom is -0.330 e. The number of rotatable bonds is 4. The van der Waals surface area contributed by atoms with E-state index in [1.165, 1.54) is 25.0 Å². The highest BCUT2D eigenvalue weighted by molar-refractivity contribution is 5.10. The molecular formula is C16H29N3. The molecule has 1 fully saturated rings. The molecule has 0 aromatic carbocycles. The van der Waals surface area contributed by atoms with Crippen molar-refractivity contribution in [2.45, 2.75) is 46.5 Å². The topological polar surface area (TPSA) is 43.8 Å². The molecule has 3 nitrogen and oxygen atoms in total. The van der Waals surface area contributed by atoms with Crippen LogP contribution in [0.15, 0.2) is 6.07 Å². The molecule has 3 atom stereocenters. The summed E-state index contributed by atoms with van der Waals surface area (Å²) in [4.78, 5) is 0. The average Bonchev–Trinajstić information content (AvgIpc) is 2.67. The third-order valence-electron chi connectivity index (χ3n) is 5.00. The Kier molecular flexibility index (Phi) is 4.67. The lowest BCUT2D eigenvalue weighted by Crippen LogP contribution is -2.33. The fourth-order valence-corrected chi connectivity index (χ4v) is 3.65. The van der Waals surface area contributed by atoms with Crippen molar-refractivity contribution in [2.75, 3.05) is 6.54 Å². The number of hydrogen-bond donors (Lipinski definition) is 1. The summed E-state index contributed by atoms with van der Waals surface area (Å²) < 4.78 is 2.04. The van der Waals surface area contributed by atoms with Gasteiger partial charge in [-0.05, 0) is 68.9 Å². The average molecular weight is 263 g/mol. The molecule has 1 aliphatic carbocycles. The standard InChI is InChI=1S/C16H29N3/c1-11(2)13-5-6-14(10-17)15(8-13)9-16-7-12(3)18-19(16)4/h7,11,13-15H,5-6,8-10,17H2,1-4H3. The van der Waals surface area contributed by atoms with E-state index >= 15 is 0 Å². The lowest BCUT2D eigenvalue weighted by Gasteiger charge is -2.37. The molecule has 19 heavy (non-hydrogen) atoms. The van der Waals surface area contributed by atoms with E-state index in [1.54, 1.807) is 0 Å². The zero-order valence-electron chi connectivity index (χ0n) is 12.9. The molecule has 0 amide bonds. The van der Waals surface area contributed by atoms with Gasteiger partial charge >= 0.3 is 0 Å². The Bertz CT molecular complexity index is 408. The van der Waals surface area contributed by atoms with Crippen LogP contribution < -0.4 is 5.73 Å². The number of aryl methyl sites for hydroxylation is 2. The Labute approximate surface area is 117 Å². The van der Waals surface area contributed by atoms with Crippen molar-refractivity contribution < 1.29 is 0 Å². The first-order valence-electron chi connectivity index (χ1n) is 7.70. The number of aromatic nitrogens is 2. The lowest BCUT2D eigenvalue weighted by molar-refractivity contribution is 0.149. The quantitative estimate of drug-likeness (QED) is 0.907. The van der Waals surface area contributed by atoms with Gasteiger partial charge in [-0.25, -0.2) is 0 Å². The molecule has 1 aliphatic rings. The van der Waals surface area contributed by atoms with E-state index in [2.05, 4.69) is 39.0 Å². The third-order valence-corrected chi connectivity index (χ3v) is 5.00. The Morgan fingerprint density at radius 1 is 1.37 bits per heavy atom. The van der Waals surface area contributed by atoms with Crippen LogP contribution in [0, 0.1) is 30.6 Å². The maximum Gasteiger partial charge on any atom is 0.0596 e. The van der Waals surface area contributed by atoms with Crippen molar-refractivity contribution in [1.29, 1.82) is 0 Å². The number of hydrogen-bond acceptors (Lipinski definition) is 2. The molecule has 0 aliphatic heterocycles. The van der Waals surface area contributed by atoms with Crippen molar-refractivity contribution in [2.24, 2.45) is 36.5 Å². The Balaban J connectivity index is 2.08. The molecule has 3 unspecified atom stereocenters. The van der Waals surface area contributed by atoms with Crippen LogP contribution in [0.3, 0.4) is 0 Å². The summed E-state index contributed by atoms with van der Waals surface area (Å²) in [6.45, 7) is 7.63. The normalized spacial score (nSPS) is 28.0. The summed E-state index contributed by atoms with van der Waals surface area (Å²) in [5.41, 5.74) is 8.48. The van der Waals surface area contributed by atoms with Gasteiger partial charge in [0.2, 0.25) is 0 Å². The molecule has 2 N–H and O–H groups in total. The van der Waals surface area contributed by atoms with Crippen LogP contribution in [0.25, 0.3) is 0 Å². The van der Waals surface area contributed by atoms with Crippen LogP contribution >= 0.6 is 0 Å². The van der Waals surface area contributed by atoms with E-state index in [0.29, 0.717) is 5.92 Å². The van der Waals surface area contributed by atoms with E-state index < -0.39 is 0 Å². The van der Waals surface area contributed by atoms with Crippen molar-refractivity contribution in [1.82, 2.24) is 9.78 Å². The largest absolute Gasteiger partial charge is 0.330 e. The fraction of sp³-hybridized carbons (Fsp3) is 0.812. The molecule has 1 aromatic heterocycles. The highest BCUT2D eigenvalue weighted by Gasteiger charge is 2.31. The second-order valence-electron chi connectivity index (χ2n) is 6.68. The summed E-state index contributed by atoms with van der Waals surface area (Å²) in [6, 6.07) is 2.23. The molecule has 0 spiro atoms. The second kappa shape index (κ2) is 6.08. The van der Waals surface area contributed by atoms with Crippen LogP contribution in [0.5, 0.6) is 0 Å². The van der Waals surface area contributed by atoms with Gasteiger partial charge < -0.3 is 5.73 Å². The van der Waals surface area contributed by atoms with Gasteiger partial charge in [0.25, 0.3) is 0 Å². The van der Waals surface area contributed by atoms with Gasteiger partial charge in [0.15, 0.2) is 0 Å². The van der Waals surface area contributed by atoms with Gasteiger partial charge in [0.05, 0.1) is 5.69 Å². The van der Waals surface area contributed by atoms with E-state index in [1.807, 2.05) is 4.68 Å². The SMILES string of the molecule is Cc1cc(CC2CC(C(C)C)CCC2CN)n(C)n1. The summed E-state index contributed by atoms with van der Waals surface area (Å²) in [6.07, 6.45) is 5.15. The molecule has 1 heterocycles. The zero-order valence-corrected chi connectivity index (χ0v) is 12.9. The molecule has 2 rings (SSSR count). The molecule has 0 saturated heterocycles. The van der Waals surface area contributed by atoms with Crippen LogP contribution in [0.4, 0.5) is 0 Å². The third kappa shape index (κ3) is 3.38. The first-order valence-corrected chi connectivity index (χ1v) is 7.70. The fourth-order valence-electron chi connectivity index (χ4n) is 3.65. The van der Waals surface area contributed by atoms with E-state index in [-0.39, 0.29) is 0 Å². The molecule has 0 radical (unpaired) electrons. The van der Waals surface area contributed by atoms with Gasteiger partial charge in [-0.1, -0.05) is 13.8 Å². The highest BCUT2D eigenvalue weighted by atomic mass is 15.3. The minimum absolute atomic E-state index is 0.699. The van der Waals surface area contributed by atoms with Crippen LogP contribution in [-0.2, 0) is 13.5 Å². The highest BCUT2D eigenvalue weighted by Crippen LogP contribution is 2.38. The monoisotopic (exact) mass is 263 g/mol. The predicted molar refractivity (Wildman–Crippen MR) is 79.9 cm³/mol. The second-order valence-corrected chi connectivity index (χ2v) is 6.68. The number of nitrogens with two attached hydrogens (primary N) is 1. The van der Waals surface area contributed by atoms with Crippen LogP contribution in [0.2, 0.25) is 0 Å². The van der Waals surface area contributed by atoms with Gasteiger partial charge in [-0.3, -0.25) is 4.68 Å². The maximum absolute atomic E-state index is 5.99. The van der Waals surface area contributed by atoms with Gasteiger partial charge in [-0.15, -0.1) is 0 Å². The molecular weight excluding hydrogens is 234 g/mol. The summed E-state index contributed by atoms with van der Waals surface area (Å²) in [7, 11) is 2.06. The van der Waals surface area contributed by atoms with Gasteiger partial charge in [0.1, 0.15) is 0 Å². The van der Waals surface area contributed by atoms with Crippen LogP contribution in [-0.4, -0.2) is 16.3 Å². The van der Waals surface area contributed by atoms with Crippen molar-refractivity contribution >= 4 is 0 Å². The first kappa shape index (κ1) is 14.6. The van der Waals surface area contributed by atoms with Gasteiger partial charge in [0, 0.05) is 12.7 Å². The van der Waals surface area contributed by atoms with E-state index in [0.717, 1.165) is 36.4 Å². The molecule has 0 bridgehead atoms. The smallest absolute Gasteiger partial charge is 0.0596 e. The van der Waals surface area contributed by atoms with Crippen LogP contribution in [0.1, 0.15) is 44.5 Å². The number of nitrogens with zero attached hydrogens (tertiary/aromatic N) is 2. The zero-order chi connectivity index (χ0) is 14.0.